The molecule has 27 heavy (non-hydrogen) atoms. The third kappa shape index (κ3) is 6.11. The lowest BCUT2D eigenvalue weighted by molar-refractivity contribution is -0.385. The van der Waals surface area contributed by atoms with Crippen LogP contribution in [0.25, 0.3) is 0 Å². The van der Waals surface area contributed by atoms with Crippen molar-refractivity contribution in [2.24, 2.45) is 0 Å². The molecule has 0 fully saturated rings. The molecule has 0 aliphatic heterocycles. The second-order valence-corrected chi connectivity index (χ2v) is 6.47. The zero-order valence-corrected chi connectivity index (χ0v) is 16.6. The summed E-state index contributed by atoms with van der Waals surface area (Å²) in [6.07, 6.45) is 0. The summed E-state index contributed by atoms with van der Waals surface area (Å²) < 4.78 is 5.42. The van der Waals surface area contributed by atoms with Gasteiger partial charge in [0.25, 0.3) is 11.4 Å². The van der Waals surface area contributed by atoms with Gasteiger partial charge >= 0.3 is 11.9 Å². The summed E-state index contributed by atoms with van der Waals surface area (Å²) in [6, 6.07) is 7.92. The summed E-state index contributed by atoms with van der Waals surface area (Å²) >= 11 is 6.10. The molecule has 0 spiro atoms. The molecule has 2 aromatic carbocycles. The fourth-order valence-corrected chi connectivity index (χ4v) is 2.47. The Balaban J connectivity index is 0.000000271. The summed E-state index contributed by atoms with van der Waals surface area (Å²) in [5.74, 6) is -2.02. The van der Waals surface area contributed by atoms with Crippen LogP contribution in [0.15, 0.2) is 45.3 Å². The van der Waals surface area contributed by atoms with Crippen LogP contribution < -0.4 is 0 Å². The minimum absolute atomic E-state index is 0.0549. The standard InChI is InChI=1S/C8H6BrNO4.C7H4BrNO4/c1-14-8(11)6-3-2-5(9)4-7(6)10(12)13;8-4-1-2-5(7(10)11)6(3-4)9(12)13/h2-4H,1H3;1-3H,(H,10,11). The molecule has 1 N–H and O–H groups in total. The van der Waals surface area contributed by atoms with E-state index in [0.717, 1.165) is 6.07 Å². The molecule has 0 atom stereocenters. The monoisotopic (exact) mass is 504 g/mol. The highest BCUT2D eigenvalue weighted by atomic mass is 79.9. The third-order valence-corrected chi connectivity index (χ3v) is 3.94. The van der Waals surface area contributed by atoms with Gasteiger partial charge in [0.15, 0.2) is 0 Å². The summed E-state index contributed by atoms with van der Waals surface area (Å²) in [4.78, 5) is 41.2. The van der Waals surface area contributed by atoms with E-state index in [1.165, 1.54) is 31.4 Å². The van der Waals surface area contributed by atoms with Gasteiger partial charge in [0.2, 0.25) is 0 Å². The molecule has 0 bridgehead atoms. The fraction of sp³-hybridized carbons (Fsp3) is 0.0667. The molecule has 10 nitrogen and oxygen atoms in total. The average Bonchev–Trinajstić information content (AvgIpc) is 2.61. The Morgan fingerprint density at radius 2 is 1.33 bits per heavy atom. The van der Waals surface area contributed by atoms with Crippen LogP contribution in [0.1, 0.15) is 20.7 Å². The molecule has 0 amide bonds. The van der Waals surface area contributed by atoms with Crippen LogP contribution in [0, 0.1) is 20.2 Å². The predicted octanol–water partition coefficient (Wildman–Crippen LogP) is 4.20. The Morgan fingerprint density at radius 1 is 0.926 bits per heavy atom. The van der Waals surface area contributed by atoms with Gasteiger partial charge in [-0.15, -0.1) is 0 Å². The highest BCUT2D eigenvalue weighted by Gasteiger charge is 2.21. The van der Waals surface area contributed by atoms with Crippen LogP contribution in [0.3, 0.4) is 0 Å². The number of rotatable bonds is 4. The number of halogens is 2. The molecular weight excluding hydrogens is 496 g/mol. The maximum atomic E-state index is 11.1. The normalized spacial score (nSPS) is 9.59. The van der Waals surface area contributed by atoms with Crippen molar-refractivity contribution >= 4 is 55.2 Å². The molecule has 142 valence electrons. The van der Waals surface area contributed by atoms with E-state index in [0.29, 0.717) is 8.95 Å². The largest absolute Gasteiger partial charge is 0.477 e. The molecule has 0 radical (unpaired) electrons. The first-order chi connectivity index (χ1) is 12.6. The van der Waals surface area contributed by atoms with E-state index < -0.39 is 27.5 Å². The highest BCUT2D eigenvalue weighted by Crippen LogP contribution is 2.24. The minimum Gasteiger partial charge on any atom is -0.477 e. The number of methoxy groups -OCH3 is 1. The molecule has 0 aliphatic rings. The Hall–Kier alpha value is -2.86. The number of carbonyl (C=O) groups excluding carboxylic acids is 1. The maximum Gasteiger partial charge on any atom is 0.344 e. The second kappa shape index (κ2) is 9.73. The van der Waals surface area contributed by atoms with Crippen LogP contribution in [-0.2, 0) is 4.74 Å². The Labute approximate surface area is 168 Å². The van der Waals surface area contributed by atoms with Gasteiger partial charge in [0, 0.05) is 21.1 Å². The van der Waals surface area contributed by atoms with E-state index in [1.807, 2.05) is 0 Å². The molecule has 0 saturated heterocycles. The predicted molar refractivity (Wildman–Crippen MR) is 99.9 cm³/mol. The van der Waals surface area contributed by atoms with Gasteiger partial charge < -0.3 is 9.84 Å². The number of carboxylic acids is 1. The van der Waals surface area contributed by atoms with E-state index in [1.54, 1.807) is 6.07 Å². The zero-order chi connectivity index (χ0) is 20.7. The lowest BCUT2D eigenvalue weighted by atomic mass is 10.2. The number of esters is 1. The Morgan fingerprint density at radius 3 is 1.70 bits per heavy atom. The summed E-state index contributed by atoms with van der Waals surface area (Å²) in [6.45, 7) is 0. The molecule has 0 unspecified atom stereocenters. The maximum absolute atomic E-state index is 11.1. The number of benzene rings is 2. The van der Waals surface area contributed by atoms with Crippen LogP contribution in [-0.4, -0.2) is 34.0 Å². The quantitative estimate of drug-likeness (QED) is 0.369. The van der Waals surface area contributed by atoms with Crippen molar-refractivity contribution < 1.29 is 29.3 Å². The highest BCUT2D eigenvalue weighted by molar-refractivity contribution is 9.10. The number of nitrogens with zero attached hydrogens (tertiary/aromatic N) is 2. The van der Waals surface area contributed by atoms with Crippen molar-refractivity contribution in [3.63, 3.8) is 0 Å². The van der Waals surface area contributed by atoms with Crippen molar-refractivity contribution in [1.29, 1.82) is 0 Å². The van der Waals surface area contributed by atoms with Crippen molar-refractivity contribution in [2.75, 3.05) is 7.11 Å². The number of nitro benzene ring substituents is 2. The molecule has 12 heteroatoms. The molecule has 0 aliphatic carbocycles. The summed E-state index contributed by atoms with van der Waals surface area (Å²) in [5, 5.41) is 29.6. The van der Waals surface area contributed by atoms with Crippen molar-refractivity contribution in [1.82, 2.24) is 0 Å². The van der Waals surface area contributed by atoms with Crippen molar-refractivity contribution in [3.8, 4) is 0 Å². The Bertz CT molecular complexity index is 917. The number of nitro groups is 2. The first-order valence-electron chi connectivity index (χ1n) is 6.78. The average molecular weight is 506 g/mol. The van der Waals surface area contributed by atoms with E-state index in [-0.39, 0.29) is 16.8 Å². The molecule has 2 rings (SSSR count). The van der Waals surface area contributed by atoms with Crippen molar-refractivity contribution in [3.05, 3.63) is 76.7 Å². The molecular formula is C15H10Br2N2O8. The van der Waals surface area contributed by atoms with Crippen LogP contribution in [0.5, 0.6) is 0 Å². The van der Waals surface area contributed by atoms with Gasteiger partial charge in [-0.1, -0.05) is 31.9 Å². The van der Waals surface area contributed by atoms with Crippen LogP contribution in [0.4, 0.5) is 11.4 Å². The van der Waals surface area contributed by atoms with Crippen LogP contribution >= 0.6 is 31.9 Å². The fourth-order valence-electron chi connectivity index (χ4n) is 1.78. The molecule has 2 aromatic rings. The number of hydrogen-bond acceptors (Lipinski definition) is 7. The van der Waals surface area contributed by atoms with Gasteiger partial charge in [-0.2, -0.15) is 0 Å². The van der Waals surface area contributed by atoms with E-state index in [2.05, 4.69) is 36.6 Å². The molecule has 0 saturated carbocycles. The Kier molecular flexibility index (Phi) is 7.99. The summed E-state index contributed by atoms with van der Waals surface area (Å²) in [5.41, 5.74) is -1.05. The first-order valence-corrected chi connectivity index (χ1v) is 8.36. The summed E-state index contributed by atoms with van der Waals surface area (Å²) in [7, 11) is 1.17. The number of carboxylic acid groups (broad SMARTS) is 1. The van der Waals surface area contributed by atoms with E-state index in [9.17, 15) is 29.8 Å². The zero-order valence-electron chi connectivity index (χ0n) is 13.4. The lowest BCUT2D eigenvalue weighted by Gasteiger charge is -2.00. The van der Waals surface area contributed by atoms with Crippen LogP contribution in [0.2, 0.25) is 0 Å². The van der Waals surface area contributed by atoms with Gasteiger partial charge in [-0.25, -0.2) is 9.59 Å². The lowest BCUT2D eigenvalue weighted by Crippen LogP contribution is -2.05. The van der Waals surface area contributed by atoms with Crippen molar-refractivity contribution in [2.45, 2.75) is 0 Å². The smallest absolute Gasteiger partial charge is 0.344 e. The van der Waals surface area contributed by atoms with Gasteiger partial charge in [0.05, 0.1) is 17.0 Å². The van der Waals surface area contributed by atoms with Gasteiger partial charge in [-0.3, -0.25) is 20.2 Å². The van der Waals surface area contributed by atoms with Gasteiger partial charge in [-0.05, 0) is 24.3 Å². The number of hydrogen-bond donors (Lipinski definition) is 1. The van der Waals surface area contributed by atoms with Gasteiger partial charge in [0.1, 0.15) is 11.1 Å². The second-order valence-electron chi connectivity index (χ2n) is 4.63. The first kappa shape index (κ1) is 22.2. The van der Waals surface area contributed by atoms with E-state index in [4.69, 9.17) is 5.11 Å². The topological polar surface area (TPSA) is 150 Å². The SMILES string of the molecule is COC(=O)c1ccc(Br)cc1[N+](=O)[O-].O=C(O)c1ccc(Br)cc1[N+](=O)[O-]. The number of carbonyl (C=O) groups is 2. The number of aromatic carboxylic acids is 1. The minimum atomic E-state index is -1.31. The molecule has 0 aromatic heterocycles. The number of ether oxygens (including phenoxy) is 1. The molecule has 0 heterocycles. The third-order valence-electron chi connectivity index (χ3n) is 2.95. The van der Waals surface area contributed by atoms with E-state index >= 15 is 0 Å².